The molecule has 7 rings (SSSR count). The summed E-state index contributed by atoms with van der Waals surface area (Å²) in [6.45, 7) is 2.02. The van der Waals surface area contributed by atoms with Crippen LogP contribution in [0.5, 0.6) is 0 Å². The zero-order chi connectivity index (χ0) is 22.8. The molecule has 0 amide bonds. The van der Waals surface area contributed by atoms with Crippen molar-refractivity contribution in [3.63, 3.8) is 0 Å². The quantitative estimate of drug-likeness (QED) is 0.276. The first-order valence-electron chi connectivity index (χ1n) is 11.1. The van der Waals surface area contributed by atoms with Crippen LogP contribution in [-0.2, 0) is 0 Å². The van der Waals surface area contributed by atoms with Gasteiger partial charge in [-0.15, -0.1) is 0 Å². The Morgan fingerprint density at radius 2 is 1.56 bits per heavy atom. The van der Waals surface area contributed by atoms with Crippen LogP contribution in [-0.4, -0.2) is 14.5 Å². The number of para-hydroxylation sites is 3. The Hall–Kier alpha value is -4.51. The Balaban J connectivity index is 1.66. The molecule has 162 valence electrons. The maximum Gasteiger partial charge on any atom is 0.149 e. The third-order valence-corrected chi connectivity index (χ3v) is 6.38. The number of nitrogens with zero attached hydrogens (tertiary/aromatic N) is 3. The minimum Gasteiger partial charge on any atom is -0.455 e. The van der Waals surface area contributed by atoms with Gasteiger partial charge in [-0.05, 0) is 43.3 Å². The van der Waals surface area contributed by atoms with Gasteiger partial charge in [0.1, 0.15) is 28.3 Å². The van der Waals surface area contributed by atoms with Gasteiger partial charge in [0.05, 0.1) is 22.3 Å². The van der Waals surface area contributed by atoms with Gasteiger partial charge >= 0.3 is 0 Å². The number of rotatable bonds is 2. The van der Waals surface area contributed by atoms with Gasteiger partial charge in [-0.1, -0.05) is 48.5 Å². The molecule has 0 unspecified atom stereocenters. The third-order valence-electron chi connectivity index (χ3n) is 6.38. The molecule has 3 aromatic heterocycles. The number of pyridine rings is 1. The second-order valence-corrected chi connectivity index (χ2v) is 8.44. The number of hydrogen-bond acceptors (Lipinski definition) is 3. The smallest absolute Gasteiger partial charge is 0.149 e. The molecule has 0 aliphatic heterocycles. The van der Waals surface area contributed by atoms with Crippen LogP contribution in [0, 0.1) is 12.7 Å². The zero-order valence-corrected chi connectivity index (χ0v) is 18.3. The Bertz CT molecular complexity index is 1880. The topological polar surface area (TPSA) is 43.9 Å². The molecule has 0 atom stereocenters. The van der Waals surface area contributed by atoms with E-state index in [-0.39, 0.29) is 5.82 Å². The molecule has 0 fully saturated rings. The van der Waals surface area contributed by atoms with Crippen LogP contribution >= 0.6 is 0 Å². The van der Waals surface area contributed by atoms with E-state index in [0.717, 1.165) is 55.5 Å². The summed E-state index contributed by atoms with van der Waals surface area (Å²) in [6.07, 6.45) is 0. The largest absolute Gasteiger partial charge is 0.455 e. The van der Waals surface area contributed by atoms with E-state index in [4.69, 9.17) is 14.4 Å². The van der Waals surface area contributed by atoms with Crippen molar-refractivity contribution in [3.05, 3.63) is 103 Å². The molecule has 3 heterocycles. The van der Waals surface area contributed by atoms with E-state index in [1.165, 1.54) is 12.1 Å². The van der Waals surface area contributed by atoms with E-state index in [1.807, 2.05) is 61.5 Å². The summed E-state index contributed by atoms with van der Waals surface area (Å²) in [5, 5.41) is 2.81. The summed E-state index contributed by atoms with van der Waals surface area (Å²) in [6, 6.07) is 28.9. The molecule has 5 heteroatoms. The lowest BCUT2D eigenvalue weighted by Crippen LogP contribution is -1.99. The van der Waals surface area contributed by atoms with Gasteiger partial charge in [0.15, 0.2) is 0 Å². The van der Waals surface area contributed by atoms with Crippen molar-refractivity contribution < 1.29 is 8.81 Å². The van der Waals surface area contributed by atoms with Gasteiger partial charge in [-0.3, -0.25) is 9.55 Å². The SMILES string of the molecule is Cc1nc2ccccc2c2nc(-c3cccc4c3oc3cc(F)ccc34)n(-c3ccccc3)c12. The maximum atomic E-state index is 13.9. The van der Waals surface area contributed by atoms with Crippen LogP contribution in [0.4, 0.5) is 4.39 Å². The van der Waals surface area contributed by atoms with Crippen LogP contribution in [0.15, 0.2) is 95.4 Å². The lowest BCUT2D eigenvalue weighted by Gasteiger charge is -2.11. The fourth-order valence-electron chi connectivity index (χ4n) is 4.90. The monoisotopic (exact) mass is 443 g/mol. The fourth-order valence-corrected chi connectivity index (χ4v) is 4.90. The Morgan fingerprint density at radius 3 is 2.44 bits per heavy atom. The van der Waals surface area contributed by atoms with Gasteiger partial charge in [0.2, 0.25) is 0 Å². The summed E-state index contributed by atoms with van der Waals surface area (Å²) in [5.41, 5.74) is 6.69. The summed E-state index contributed by atoms with van der Waals surface area (Å²) < 4.78 is 22.3. The molecular formula is C29H18FN3O. The first kappa shape index (κ1) is 19.0. The molecule has 7 aromatic rings. The molecule has 34 heavy (non-hydrogen) atoms. The summed E-state index contributed by atoms with van der Waals surface area (Å²) >= 11 is 0. The number of fused-ring (bicyclic) bond motifs is 6. The van der Waals surface area contributed by atoms with Crippen LogP contribution in [0.2, 0.25) is 0 Å². The molecule has 4 nitrogen and oxygen atoms in total. The van der Waals surface area contributed by atoms with Crippen LogP contribution in [0.3, 0.4) is 0 Å². The van der Waals surface area contributed by atoms with Crippen molar-refractivity contribution >= 4 is 43.9 Å². The van der Waals surface area contributed by atoms with Crippen LogP contribution in [0.1, 0.15) is 5.69 Å². The van der Waals surface area contributed by atoms with E-state index in [2.05, 4.69) is 22.8 Å². The van der Waals surface area contributed by atoms with E-state index in [9.17, 15) is 4.39 Å². The molecule has 0 bridgehead atoms. The first-order chi connectivity index (χ1) is 16.7. The summed E-state index contributed by atoms with van der Waals surface area (Å²) in [4.78, 5) is 10.1. The van der Waals surface area contributed by atoms with E-state index < -0.39 is 0 Å². The number of hydrogen-bond donors (Lipinski definition) is 0. The van der Waals surface area contributed by atoms with Gasteiger partial charge in [0, 0.05) is 27.9 Å². The zero-order valence-electron chi connectivity index (χ0n) is 18.3. The molecule has 4 aromatic carbocycles. The summed E-state index contributed by atoms with van der Waals surface area (Å²) in [7, 11) is 0. The fraction of sp³-hybridized carbons (Fsp3) is 0.0345. The highest BCUT2D eigenvalue weighted by Gasteiger charge is 2.22. The number of aryl methyl sites for hydroxylation is 1. The molecule has 0 spiro atoms. The first-order valence-corrected chi connectivity index (χ1v) is 11.1. The van der Waals surface area contributed by atoms with Crippen LogP contribution in [0.25, 0.3) is 61.0 Å². The molecule has 0 saturated heterocycles. The molecule has 0 radical (unpaired) electrons. The lowest BCUT2D eigenvalue weighted by molar-refractivity contribution is 0.618. The number of aromatic nitrogens is 3. The van der Waals surface area contributed by atoms with Crippen molar-refractivity contribution in [1.82, 2.24) is 14.5 Å². The second kappa shape index (κ2) is 6.99. The van der Waals surface area contributed by atoms with Crippen molar-refractivity contribution in [1.29, 1.82) is 0 Å². The third kappa shape index (κ3) is 2.64. The standard InChI is InChI=1S/C29H18FN3O/c1-17-27-26(22-10-5-6-13-24(22)31-17)32-29(33(27)19-8-3-2-4-9-19)23-12-7-11-21-20-15-14-18(30)16-25(20)34-28(21)23/h2-16H,1H3. The van der Waals surface area contributed by atoms with E-state index in [1.54, 1.807) is 6.07 Å². The van der Waals surface area contributed by atoms with Gasteiger partial charge in [-0.25, -0.2) is 9.37 Å². The average Bonchev–Trinajstić information content (AvgIpc) is 3.44. The molecule has 0 aliphatic carbocycles. The van der Waals surface area contributed by atoms with Crippen molar-refractivity contribution in [2.75, 3.05) is 0 Å². The van der Waals surface area contributed by atoms with Gasteiger partial charge < -0.3 is 4.42 Å². The predicted molar refractivity (Wildman–Crippen MR) is 134 cm³/mol. The highest BCUT2D eigenvalue weighted by atomic mass is 19.1. The van der Waals surface area contributed by atoms with Gasteiger partial charge in [0.25, 0.3) is 0 Å². The second-order valence-electron chi connectivity index (χ2n) is 8.44. The van der Waals surface area contributed by atoms with Gasteiger partial charge in [-0.2, -0.15) is 0 Å². The predicted octanol–water partition coefficient (Wildman–Crippen LogP) is 7.59. The van der Waals surface area contributed by atoms with Crippen LogP contribution < -0.4 is 0 Å². The van der Waals surface area contributed by atoms with Crippen molar-refractivity contribution in [2.45, 2.75) is 6.92 Å². The molecule has 0 saturated carbocycles. The van der Waals surface area contributed by atoms with Crippen molar-refractivity contribution in [2.24, 2.45) is 0 Å². The van der Waals surface area contributed by atoms with Crippen molar-refractivity contribution in [3.8, 4) is 17.1 Å². The molecule has 0 aliphatic rings. The minimum atomic E-state index is -0.321. The van der Waals surface area contributed by atoms with E-state index in [0.29, 0.717) is 11.2 Å². The lowest BCUT2D eigenvalue weighted by atomic mass is 10.1. The number of imidazole rings is 1. The average molecular weight is 443 g/mol. The Labute approximate surface area is 193 Å². The molecule has 0 N–H and O–H groups in total. The number of furan rings is 1. The Morgan fingerprint density at radius 1 is 0.765 bits per heavy atom. The highest BCUT2D eigenvalue weighted by Crippen LogP contribution is 2.39. The number of benzene rings is 4. The van der Waals surface area contributed by atoms with E-state index >= 15 is 0 Å². The number of halogens is 1. The maximum absolute atomic E-state index is 13.9. The minimum absolute atomic E-state index is 0.321. The highest BCUT2D eigenvalue weighted by molar-refractivity contribution is 6.11. The Kier molecular flexibility index (Phi) is 3.91. The molecular weight excluding hydrogens is 425 g/mol. The normalized spacial score (nSPS) is 11.8. The summed E-state index contributed by atoms with van der Waals surface area (Å²) in [5.74, 6) is 0.436.